The van der Waals surface area contributed by atoms with Crippen LogP contribution in [0.15, 0.2) is 12.1 Å². The van der Waals surface area contributed by atoms with E-state index in [2.05, 4.69) is 41.3 Å². The number of benzene rings is 1. The van der Waals surface area contributed by atoms with Gasteiger partial charge in [0.2, 0.25) is 0 Å². The fourth-order valence-electron chi connectivity index (χ4n) is 2.31. The normalized spacial score (nSPS) is 25.8. The van der Waals surface area contributed by atoms with Crippen LogP contribution >= 0.6 is 34.2 Å². The van der Waals surface area contributed by atoms with Gasteiger partial charge in [-0.15, -0.1) is 0 Å². The lowest BCUT2D eigenvalue weighted by Crippen LogP contribution is -2.35. The molecule has 4 heteroatoms. The Morgan fingerprint density at radius 2 is 2.19 bits per heavy atom. The van der Waals surface area contributed by atoms with E-state index in [-0.39, 0.29) is 16.3 Å². The number of alkyl halides is 1. The van der Waals surface area contributed by atoms with E-state index in [1.807, 2.05) is 7.05 Å². The maximum atomic E-state index is 13.4. The molecule has 0 fully saturated rings. The monoisotopic (exact) mass is 353 g/mol. The average Bonchev–Trinajstić information content (AvgIpc) is 2.43. The molecule has 1 aromatic carbocycles. The van der Waals surface area contributed by atoms with Crippen molar-refractivity contribution in [1.82, 2.24) is 0 Å². The summed E-state index contributed by atoms with van der Waals surface area (Å²) in [7, 11) is 2.00. The molecule has 0 saturated heterocycles. The minimum Gasteiger partial charge on any atom is -0.373 e. The fourth-order valence-corrected chi connectivity index (χ4v) is 3.01. The van der Waals surface area contributed by atoms with Gasteiger partial charge in [-0.05, 0) is 17.7 Å². The topological polar surface area (TPSA) is 3.24 Å². The summed E-state index contributed by atoms with van der Waals surface area (Å²) in [6.07, 6.45) is 0. The molecule has 0 aromatic heterocycles. The highest BCUT2D eigenvalue weighted by molar-refractivity contribution is 14.1. The van der Waals surface area contributed by atoms with E-state index in [4.69, 9.17) is 11.6 Å². The van der Waals surface area contributed by atoms with Crippen LogP contribution < -0.4 is 4.90 Å². The van der Waals surface area contributed by atoms with E-state index in [9.17, 15) is 4.39 Å². The molecule has 0 radical (unpaired) electrons. The van der Waals surface area contributed by atoms with E-state index in [0.717, 1.165) is 17.8 Å². The van der Waals surface area contributed by atoms with Gasteiger partial charge in [0.25, 0.3) is 0 Å². The third kappa shape index (κ3) is 1.72. The molecule has 1 aliphatic rings. The number of rotatable bonds is 1. The average molecular weight is 354 g/mol. The Bertz CT molecular complexity index is 435. The summed E-state index contributed by atoms with van der Waals surface area (Å²) >= 11 is 8.30. The third-order valence-corrected chi connectivity index (χ3v) is 5.17. The van der Waals surface area contributed by atoms with Crippen molar-refractivity contribution in [2.24, 2.45) is 0 Å². The molecule has 2 unspecified atom stereocenters. The highest BCUT2D eigenvalue weighted by Crippen LogP contribution is 2.45. The van der Waals surface area contributed by atoms with E-state index in [0.29, 0.717) is 3.92 Å². The Labute approximate surface area is 114 Å². The van der Waals surface area contributed by atoms with Crippen LogP contribution in [-0.4, -0.2) is 17.5 Å². The minimum absolute atomic E-state index is 0.0436. The Hall–Kier alpha value is -0.0300. The van der Waals surface area contributed by atoms with Crippen molar-refractivity contribution >= 4 is 39.9 Å². The smallest absolute Gasteiger partial charge is 0.143 e. The second kappa shape index (κ2) is 4.02. The SMILES string of the molecule is CC(I)C1(C)CN(C)c2cc(F)c(Cl)cc21. The molecule has 1 nitrogen and oxygen atoms in total. The van der Waals surface area contributed by atoms with E-state index in [1.165, 1.54) is 0 Å². The van der Waals surface area contributed by atoms with Gasteiger partial charge in [0.15, 0.2) is 0 Å². The van der Waals surface area contributed by atoms with Gasteiger partial charge in [-0.2, -0.15) is 0 Å². The maximum absolute atomic E-state index is 13.4. The molecule has 88 valence electrons. The lowest BCUT2D eigenvalue weighted by Gasteiger charge is -2.28. The first-order chi connectivity index (χ1) is 7.36. The van der Waals surface area contributed by atoms with Crippen molar-refractivity contribution in [3.63, 3.8) is 0 Å². The zero-order valence-electron chi connectivity index (χ0n) is 9.52. The molecular formula is C12H14ClFIN. The summed E-state index contributed by atoms with van der Waals surface area (Å²) in [6.45, 7) is 5.30. The molecule has 0 amide bonds. The molecule has 0 saturated carbocycles. The third-order valence-electron chi connectivity index (χ3n) is 3.51. The van der Waals surface area contributed by atoms with Crippen molar-refractivity contribution in [1.29, 1.82) is 0 Å². The number of anilines is 1. The first-order valence-electron chi connectivity index (χ1n) is 5.21. The lowest BCUT2D eigenvalue weighted by atomic mass is 9.82. The van der Waals surface area contributed by atoms with Gasteiger partial charge in [-0.3, -0.25) is 0 Å². The summed E-state index contributed by atoms with van der Waals surface area (Å²) in [5.74, 6) is -0.336. The van der Waals surface area contributed by atoms with Crippen molar-refractivity contribution in [3.8, 4) is 0 Å². The zero-order valence-corrected chi connectivity index (χ0v) is 12.4. The molecule has 0 N–H and O–H groups in total. The van der Waals surface area contributed by atoms with Gasteiger partial charge in [0.05, 0.1) is 5.02 Å². The Morgan fingerprint density at radius 3 is 2.75 bits per heavy atom. The highest BCUT2D eigenvalue weighted by atomic mass is 127. The number of halogens is 3. The number of hydrogen-bond acceptors (Lipinski definition) is 1. The van der Waals surface area contributed by atoms with Gasteiger partial charge < -0.3 is 4.90 Å². The highest BCUT2D eigenvalue weighted by Gasteiger charge is 2.41. The van der Waals surface area contributed by atoms with Crippen molar-refractivity contribution in [3.05, 3.63) is 28.5 Å². The van der Waals surface area contributed by atoms with Crippen LogP contribution in [0.2, 0.25) is 5.02 Å². The molecule has 0 spiro atoms. The van der Waals surface area contributed by atoms with E-state index < -0.39 is 0 Å². The van der Waals surface area contributed by atoms with Gasteiger partial charge in [0.1, 0.15) is 5.82 Å². The molecule has 16 heavy (non-hydrogen) atoms. The predicted octanol–water partition coefficient (Wildman–Crippen LogP) is 4.01. The number of hydrogen-bond donors (Lipinski definition) is 0. The zero-order chi connectivity index (χ0) is 12.1. The minimum atomic E-state index is -0.336. The van der Waals surface area contributed by atoms with Gasteiger partial charge in [0, 0.05) is 28.6 Å². The molecule has 1 aliphatic heterocycles. The standard InChI is InChI=1S/C12H14ClFIN/c1-7(15)12(2)6-16(3)11-5-10(14)9(13)4-8(11)12/h4-5,7H,6H2,1-3H3. The molecule has 0 bridgehead atoms. The fraction of sp³-hybridized carbons (Fsp3) is 0.500. The number of nitrogens with zero attached hydrogens (tertiary/aromatic N) is 1. The van der Waals surface area contributed by atoms with Crippen LogP contribution in [0.25, 0.3) is 0 Å². The Kier molecular flexibility index (Phi) is 3.12. The molecule has 0 aliphatic carbocycles. The number of fused-ring (bicyclic) bond motifs is 1. The lowest BCUT2D eigenvalue weighted by molar-refractivity contribution is 0.513. The van der Waals surface area contributed by atoms with Crippen molar-refractivity contribution in [2.75, 3.05) is 18.5 Å². The largest absolute Gasteiger partial charge is 0.373 e. The summed E-state index contributed by atoms with van der Waals surface area (Å²) < 4.78 is 13.9. The van der Waals surface area contributed by atoms with Crippen LogP contribution in [0, 0.1) is 5.82 Å². The van der Waals surface area contributed by atoms with Gasteiger partial charge >= 0.3 is 0 Å². The van der Waals surface area contributed by atoms with Crippen molar-refractivity contribution in [2.45, 2.75) is 23.2 Å². The molecule has 1 heterocycles. The first-order valence-corrected chi connectivity index (χ1v) is 6.83. The Balaban J connectivity index is 2.62. The predicted molar refractivity (Wildman–Crippen MR) is 75.5 cm³/mol. The van der Waals surface area contributed by atoms with Crippen LogP contribution in [0.4, 0.5) is 10.1 Å². The second-order valence-corrected chi connectivity index (χ2v) is 6.95. The maximum Gasteiger partial charge on any atom is 0.143 e. The van der Waals surface area contributed by atoms with Crippen LogP contribution in [0.3, 0.4) is 0 Å². The summed E-state index contributed by atoms with van der Waals surface area (Å²) in [6, 6.07) is 3.33. The second-order valence-electron chi connectivity index (χ2n) is 4.67. The quantitative estimate of drug-likeness (QED) is 0.545. The molecule has 2 rings (SSSR count). The summed E-state index contributed by atoms with van der Waals surface area (Å²) in [5.41, 5.74) is 2.17. The summed E-state index contributed by atoms with van der Waals surface area (Å²) in [5, 5.41) is 0.220. The van der Waals surface area contributed by atoms with Crippen molar-refractivity contribution < 1.29 is 4.39 Å². The molecular weight excluding hydrogens is 339 g/mol. The van der Waals surface area contributed by atoms with E-state index >= 15 is 0 Å². The summed E-state index contributed by atoms with van der Waals surface area (Å²) in [4.78, 5) is 2.10. The van der Waals surface area contributed by atoms with Crippen LogP contribution in [0.1, 0.15) is 19.4 Å². The van der Waals surface area contributed by atoms with Crippen LogP contribution in [-0.2, 0) is 5.41 Å². The first kappa shape index (κ1) is 12.4. The Morgan fingerprint density at radius 1 is 1.56 bits per heavy atom. The van der Waals surface area contributed by atoms with Gasteiger partial charge in [-0.1, -0.05) is 48.0 Å². The van der Waals surface area contributed by atoms with E-state index in [1.54, 1.807) is 12.1 Å². The molecule has 1 aromatic rings. The van der Waals surface area contributed by atoms with Crippen LogP contribution in [0.5, 0.6) is 0 Å². The van der Waals surface area contributed by atoms with Gasteiger partial charge in [-0.25, -0.2) is 4.39 Å². The molecule has 2 atom stereocenters. The number of likely N-dealkylation sites (N-methyl/N-ethyl adjacent to an activating group) is 1.